The Labute approximate surface area is 91.7 Å². The molecule has 0 saturated carbocycles. The zero-order chi connectivity index (χ0) is 12.2. The van der Waals surface area contributed by atoms with Crippen LogP contribution in [-0.4, -0.2) is 27.8 Å². The third kappa shape index (κ3) is 4.12. The summed E-state index contributed by atoms with van der Waals surface area (Å²) in [4.78, 5) is 27.2. The summed E-state index contributed by atoms with van der Waals surface area (Å²) < 4.78 is 14.5. The highest BCUT2D eigenvalue weighted by Crippen LogP contribution is 2.35. The first-order valence-corrected chi connectivity index (χ1v) is 5.77. The van der Waals surface area contributed by atoms with Crippen molar-refractivity contribution in [1.29, 1.82) is 0 Å². The molecule has 87 valence electrons. The molecule has 6 nitrogen and oxygen atoms in total. The molecular weight excluding hydrogens is 235 g/mol. The van der Waals surface area contributed by atoms with Crippen molar-refractivity contribution in [2.75, 3.05) is 6.61 Å². The van der Waals surface area contributed by atoms with Crippen molar-refractivity contribution in [2.45, 2.75) is 0 Å². The minimum atomic E-state index is -4.48. The molecule has 0 aliphatic rings. The fourth-order valence-corrected chi connectivity index (χ4v) is 1.29. The van der Waals surface area contributed by atoms with Gasteiger partial charge in [0.25, 0.3) is 0 Å². The number of phosphoric ester groups is 1. The van der Waals surface area contributed by atoms with Crippen LogP contribution in [0.15, 0.2) is 18.2 Å². The Hall–Kier alpha value is -1.20. The van der Waals surface area contributed by atoms with Gasteiger partial charge in [-0.1, -0.05) is 6.07 Å². The number of carbonyl (C=O) groups is 1. The van der Waals surface area contributed by atoms with Gasteiger partial charge in [0.1, 0.15) is 5.75 Å². The molecule has 1 rings (SSSR count). The molecule has 0 fully saturated rings. The fourth-order valence-electron chi connectivity index (χ4n) is 1.02. The van der Waals surface area contributed by atoms with Crippen molar-refractivity contribution in [1.82, 2.24) is 0 Å². The third-order valence-electron chi connectivity index (χ3n) is 1.74. The summed E-state index contributed by atoms with van der Waals surface area (Å²) in [5.41, 5.74) is 0.643. The van der Waals surface area contributed by atoms with Crippen LogP contribution in [0.25, 0.3) is 0 Å². The van der Waals surface area contributed by atoms with Gasteiger partial charge in [0.2, 0.25) is 0 Å². The first-order chi connectivity index (χ1) is 7.42. The average molecular weight is 245 g/mol. The van der Waals surface area contributed by atoms with Gasteiger partial charge in [-0.2, -0.15) is 0 Å². The molecule has 0 saturated heterocycles. The molecule has 0 aromatic heterocycles. The maximum atomic E-state index is 10.4. The molecule has 0 bridgehead atoms. The third-order valence-corrected chi connectivity index (χ3v) is 2.23. The van der Waals surface area contributed by atoms with Crippen LogP contribution in [0, 0.1) is 6.42 Å². The summed E-state index contributed by atoms with van der Waals surface area (Å²) in [6.45, 7) is -0.288. The number of phosphoric acid groups is 1. The van der Waals surface area contributed by atoms with E-state index in [0.29, 0.717) is 11.8 Å². The number of benzene rings is 1. The van der Waals surface area contributed by atoms with Crippen LogP contribution in [0.2, 0.25) is 0 Å². The SMILES string of the molecule is O=Cc1ccc([CH]COP(=O)(O)O)cc1O. The average Bonchev–Trinajstić information content (AvgIpc) is 2.16. The monoisotopic (exact) mass is 245 g/mol. The largest absolute Gasteiger partial charge is 0.507 e. The summed E-state index contributed by atoms with van der Waals surface area (Å²) in [6, 6.07) is 4.21. The van der Waals surface area contributed by atoms with E-state index in [1.165, 1.54) is 24.6 Å². The van der Waals surface area contributed by atoms with Gasteiger partial charge in [-0.15, -0.1) is 0 Å². The summed E-state index contributed by atoms with van der Waals surface area (Å²) in [6.07, 6.45) is 1.87. The Morgan fingerprint density at radius 2 is 2.06 bits per heavy atom. The van der Waals surface area contributed by atoms with E-state index >= 15 is 0 Å². The summed E-state index contributed by atoms with van der Waals surface area (Å²) in [5.74, 6) is -0.195. The molecule has 0 spiro atoms. The van der Waals surface area contributed by atoms with E-state index in [9.17, 15) is 14.5 Å². The second-order valence-electron chi connectivity index (χ2n) is 2.93. The maximum Gasteiger partial charge on any atom is 0.469 e. The molecule has 0 atom stereocenters. The Kier molecular flexibility index (Phi) is 4.20. The second kappa shape index (κ2) is 5.23. The number of hydrogen-bond donors (Lipinski definition) is 3. The number of rotatable bonds is 5. The molecule has 1 aromatic carbocycles. The smallest absolute Gasteiger partial charge is 0.469 e. The highest BCUT2D eigenvalue weighted by molar-refractivity contribution is 7.46. The highest BCUT2D eigenvalue weighted by atomic mass is 31.2. The molecule has 3 N–H and O–H groups in total. The molecule has 0 heterocycles. The predicted molar refractivity (Wildman–Crippen MR) is 54.9 cm³/mol. The van der Waals surface area contributed by atoms with E-state index in [2.05, 4.69) is 4.52 Å². The molecular formula is C9H10O6P. The van der Waals surface area contributed by atoms with E-state index in [1.807, 2.05) is 0 Å². The summed E-state index contributed by atoms with van der Waals surface area (Å²) in [7, 11) is -4.48. The lowest BCUT2D eigenvalue weighted by Gasteiger charge is -2.05. The fraction of sp³-hybridized carbons (Fsp3) is 0.111. The second-order valence-corrected chi connectivity index (χ2v) is 4.17. The normalized spacial score (nSPS) is 11.4. The number of phenolic OH excluding ortho intramolecular Hbond substituents is 1. The van der Waals surface area contributed by atoms with Crippen molar-refractivity contribution in [3.8, 4) is 5.75 Å². The van der Waals surface area contributed by atoms with Crippen LogP contribution in [0.3, 0.4) is 0 Å². The van der Waals surface area contributed by atoms with E-state index in [-0.39, 0.29) is 17.9 Å². The molecule has 0 amide bonds. The minimum absolute atomic E-state index is 0.146. The van der Waals surface area contributed by atoms with Gasteiger partial charge in [-0.3, -0.25) is 9.32 Å². The minimum Gasteiger partial charge on any atom is -0.507 e. The zero-order valence-electron chi connectivity index (χ0n) is 8.11. The van der Waals surface area contributed by atoms with Gasteiger partial charge in [0.05, 0.1) is 12.2 Å². The topological polar surface area (TPSA) is 104 Å². The first-order valence-electron chi connectivity index (χ1n) is 4.24. The van der Waals surface area contributed by atoms with Gasteiger partial charge in [-0.25, -0.2) is 4.57 Å². The van der Waals surface area contributed by atoms with Crippen LogP contribution in [0.5, 0.6) is 5.75 Å². The molecule has 7 heteroatoms. The van der Waals surface area contributed by atoms with E-state index in [4.69, 9.17) is 9.79 Å². The molecule has 1 aromatic rings. The summed E-state index contributed by atoms with van der Waals surface area (Å²) >= 11 is 0. The molecule has 0 unspecified atom stereocenters. The van der Waals surface area contributed by atoms with Gasteiger partial charge >= 0.3 is 7.82 Å². The van der Waals surface area contributed by atoms with Crippen LogP contribution >= 0.6 is 7.82 Å². The lowest BCUT2D eigenvalue weighted by atomic mass is 10.1. The van der Waals surface area contributed by atoms with Gasteiger partial charge in [0.15, 0.2) is 6.29 Å². The van der Waals surface area contributed by atoms with Crippen LogP contribution < -0.4 is 0 Å². The number of aldehydes is 1. The zero-order valence-corrected chi connectivity index (χ0v) is 9.00. The molecule has 16 heavy (non-hydrogen) atoms. The lowest BCUT2D eigenvalue weighted by molar-refractivity contribution is 0.112. The van der Waals surface area contributed by atoms with Crippen molar-refractivity contribution in [3.63, 3.8) is 0 Å². The van der Waals surface area contributed by atoms with E-state index in [1.54, 1.807) is 0 Å². The standard InChI is InChI=1S/C9H10O6P/c10-6-8-2-1-7(5-9(8)11)3-4-15-16(12,13)14/h1-3,5-6,11H,4H2,(H2,12,13,14). The Balaban J connectivity index is 2.59. The number of hydrogen-bond acceptors (Lipinski definition) is 4. The number of aromatic hydroxyl groups is 1. The van der Waals surface area contributed by atoms with Crippen LogP contribution in [0.1, 0.15) is 15.9 Å². The van der Waals surface area contributed by atoms with Crippen LogP contribution in [0.4, 0.5) is 0 Å². The molecule has 0 aliphatic carbocycles. The quantitative estimate of drug-likeness (QED) is 0.525. The van der Waals surface area contributed by atoms with Crippen LogP contribution in [-0.2, 0) is 9.09 Å². The van der Waals surface area contributed by atoms with Crippen molar-refractivity contribution < 1.29 is 28.8 Å². The van der Waals surface area contributed by atoms with Crippen molar-refractivity contribution in [2.24, 2.45) is 0 Å². The number of phenols is 1. The Morgan fingerprint density at radius 3 is 2.56 bits per heavy atom. The van der Waals surface area contributed by atoms with Gasteiger partial charge in [0, 0.05) is 6.42 Å². The first kappa shape index (κ1) is 12.9. The Morgan fingerprint density at radius 1 is 1.38 bits per heavy atom. The van der Waals surface area contributed by atoms with Crippen molar-refractivity contribution >= 4 is 14.1 Å². The van der Waals surface area contributed by atoms with E-state index < -0.39 is 7.82 Å². The molecule has 0 aliphatic heterocycles. The predicted octanol–water partition coefficient (Wildman–Crippen LogP) is 0.866. The van der Waals surface area contributed by atoms with Gasteiger partial charge in [-0.05, 0) is 17.7 Å². The van der Waals surface area contributed by atoms with E-state index in [0.717, 1.165) is 0 Å². The highest BCUT2D eigenvalue weighted by Gasteiger charge is 2.13. The van der Waals surface area contributed by atoms with Crippen molar-refractivity contribution in [3.05, 3.63) is 35.7 Å². The molecule has 1 radical (unpaired) electrons. The lowest BCUT2D eigenvalue weighted by Crippen LogP contribution is -1.95. The summed E-state index contributed by atoms with van der Waals surface area (Å²) in [5, 5.41) is 9.30. The van der Waals surface area contributed by atoms with Gasteiger partial charge < -0.3 is 14.9 Å². The number of carbonyl (C=O) groups excluding carboxylic acids is 1. The maximum absolute atomic E-state index is 10.4. The Bertz CT molecular complexity index is 424.